The molecule has 4 fully saturated rings. The van der Waals surface area contributed by atoms with Crippen LogP contribution in [-0.4, -0.2) is 43.2 Å². The van der Waals surface area contributed by atoms with Crippen LogP contribution in [0.3, 0.4) is 0 Å². The lowest BCUT2D eigenvalue weighted by Crippen LogP contribution is -2.57. The number of nitro groups is 1. The molecule has 196 valence electrons. The number of aromatic nitrogens is 4. The number of nitrogens with zero attached hydrogens (tertiary/aromatic N) is 5. The highest BCUT2D eigenvalue weighted by atomic mass is 35.5. The number of carbonyl (C=O) groups excluding carboxylic acids is 1. The van der Waals surface area contributed by atoms with Crippen LogP contribution in [0.25, 0.3) is 0 Å². The van der Waals surface area contributed by atoms with Crippen molar-refractivity contribution in [2.24, 2.45) is 17.3 Å². The maximum Gasteiger partial charge on any atom is 0.411 e. The topological polar surface area (TPSA) is 117 Å². The maximum absolute atomic E-state index is 13.0. The number of nitrogens with one attached hydrogen (secondary N) is 1. The molecule has 1 N–H and O–H groups in total. The van der Waals surface area contributed by atoms with Crippen molar-refractivity contribution in [2.45, 2.75) is 70.3 Å². The highest BCUT2D eigenvalue weighted by molar-refractivity contribution is 6.33. The van der Waals surface area contributed by atoms with Crippen molar-refractivity contribution in [3.63, 3.8) is 0 Å². The first-order valence-corrected chi connectivity index (χ1v) is 12.1. The molecule has 36 heavy (non-hydrogen) atoms. The minimum atomic E-state index is -4.43. The summed E-state index contributed by atoms with van der Waals surface area (Å²) in [6, 6.07) is 0. The maximum atomic E-state index is 13.0. The predicted octanol–water partition coefficient (Wildman–Crippen LogP) is 4.81. The molecule has 0 saturated heterocycles. The summed E-state index contributed by atoms with van der Waals surface area (Å²) in [4.78, 5) is 23.9. The van der Waals surface area contributed by atoms with E-state index in [1.165, 1.54) is 17.1 Å². The summed E-state index contributed by atoms with van der Waals surface area (Å²) in [6.07, 6.45) is 3.90. The van der Waals surface area contributed by atoms with E-state index in [0.29, 0.717) is 29.6 Å². The molecule has 1 amide bonds. The number of carbonyl (C=O) groups is 1. The zero-order valence-corrected chi connectivity index (χ0v) is 20.3. The average molecular weight is 531 g/mol. The largest absolute Gasteiger partial charge is 0.411 e. The second-order valence-electron chi connectivity index (χ2n) is 10.7. The van der Waals surface area contributed by atoms with Crippen molar-refractivity contribution in [3.8, 4) is 0 Å². The van der Waals surface area contributed by atoms with E-state index >= 15 is 0 Å². The Balaban J connectivity index is 1.29. The minimum absolute atomic E-state index is 0.0544. The number of amides is 1. The first-order chi connectivity index (χ1) is 16.9. The van der Waals surface area contributed by atoms with E-state index in [1.807, 2.05) is 0 Å². The smallest absolute Gasteiger partial charge is 0.358 e. The van der Waals surface area contributed by atoms with E-state index in [9.17, 15) is 28.1 Å². The Morgan fingerprint density at radius 2 is 2.03 bits per heavy atom. The molecule has 0 aliphatic heterocycles. The summed E-state index contributed by atoms with van der Waals surface area (Å²) in [7, 11) is 0. The molecule has 2 aromatic rings. The molecule has 4 bridgehead atoms. The summed E-state index contributed by atoms with van der Waals surface area (Å²) in [6.45, 7) is -0.0231. The van der Waals surface area contributed by atoms with Crippen LogP contribution in [0, 0.1) is 34.3 Å². The van der Waals surface area contributed by atoms with E-state index in [1.54, 1.807) is 11.6 Å². The van der Waals surface area contributed by atoms with Crippen molar-refractivity contribution >= 4 is 29.0 Å². The molecule has 0 radical (unpaired) electrons. The summed E-state index contributed by atoms with van der Waals surface area (Å²) in [5, 5.41) is 22.5. The fourth-order valence-electron chi connectivity index (χ4n) is 7.20. The molecular weight excluding hydrogens is 505 g/mol. The Labute approximate surface area is 209 Å². The monoisotopic (exact) mass is 530 g/mol. The molecule has 4 aliphatic rings. The number of rotatable bonds is 8. The van der Waals surface area contributed by atoms with E-state index in [2.05, 4.69) is 20.3 Å². The lowest BCUT2D eigenvalue weighted by molar-refractivity contribution is -0.389. The lowest BCUT2D eigenvalue weighted by atomic mass is 9.46. The summed E-state index contributed by atoms with van der Waals surface area (Å²) >= 11 is 6.25. The number of halogens is 4. The molecule has 14 heteroatoms. The van der Waals surface area contributed by atoms with Gasteiger partial charge in [0.2, 0.25) is 5.91 Å². The van der Waals surface area contributed by atoms with Gasteiger partial charge < -0.3 is 20.2 Å². The van der Waals surface area contributed by atoms with E-state index < -0.39 is 23.2 Å². The minimum Gasteiger partial charge on any atom is -0.358 e. The van der Waals surface area contributed by atoms with Gasteiger partial charge in [0.1, 0.15) is 13.3 Å². The van der Waals surface area contributed by atoms with Crippen LogP contribution >= 0.6 is 11.6 Å². The number of hydrogen-bond donors (Lipinski definition) is 1. The van der Waals surface area contributed by atoms with Gasteiger partial charge in [0.15, 0.2) is 5.02 Å². The van der Waals surface area contributed by atoms with Crippen molar-refractivity contribution in [2.75, 3.05) is 11.9 Å². The molecule has 2 heterocycles. The third-order valence-corrected chi connectivity index (χ3v) is 8.18. The zero-order valence-electron chi connectivity index (χ0n) is 19.6. The van der Waals surface area contributed by atoms with Gasteiger partial charge in [0.25, 0.3) is 0 Å². The Bertz CT molecular complexity index is 1180. The van der Waals surface area contributed by atoms with Gasteiger partial charge in [0.05, 0.1) is 34.4 Å². The van der Waals surface area contributed by atoms with Gasteiger partial charge in [-0.3, -0.25) is 4.79 Å². The summed E-state index contributed by atoms with van der Waals surface area (Å²) < 4.78 is 44.3. The zero-order chi connectivity index (χ0) is 25.9. The van der Waals surface area contributed by atoms with Gasteiger partial charge in [-0.15, -0.1) is 0 Å². The van der Waals surface area contributed by atoms with Crippen LogP contribution in [0.1, 0.15) is 50.6 Å². The number of alkyl halides is 3. The number of ether oxygens (including phenoxy) is 1. The van der Waals surface area contributed by atoms with Crippen LogP contribution in [-0.2, 0) is 21.8 Å². The Kier molecular flexibility index (Phi) is 6.05. The van der Waals surface area contributed by atoms with Gasteiger partial charge in [-0.2, -0.15) is 23.0 Å². The van der Waals surface area contributed by atoms with E-state index in [4.69, 9.17) is 11.6 Å². The van der Waals surface area contributed by atoms with Crippen molar-refractivity contribution in [3.05, 3.63) is 33.2 Å². The van der Waals surface area contributed by atoms with Crippen LogP contribution < -0.4 is 5.32 Å². The molecule has 0 spiro atoms. The van der Waals surface area contributed by atoms with Crippen LogP contribution in [0.2, 0.25) is 5.02 Å². The molecule has 4 aliphatic carbocycles. The average Bonchev–Trinajstić information content (AvgIpc) is 3.30. The van der Waals surface area contributed by atoms with Crippen molar-refractivity contribution in [1.29, 1.82) is 0 Å². The standard InChI is InChI=1S/C22H26ClF3N6O4/c1-13-18(23)19(32(34)35)29-31(13)21-5-14-2-15(6-21)4-20(3-14,10-21)7-17(33)28-16-8-27-30(9-16)12-36-11-22(24,25)26/h8-9,14-15H,2-7,10-12H2,1H3,(H,28,33). The van der Waals surface area contributed by atoms with Gasteiger partial charge >= 0.3 is 12.0 Å². The normalized spacial score (nSPS) is 29.0. The van der Waals surface area contributed by atoms with Gasteiger partial charge in [-0.25, -0.2) is 4.68 Å². The Morgan fingerprint density at radius 3 is 2.64 bits per heavy atom. The molecule has 2 aromatic heterocycles. The quantitative estimate of drug-likeness (QED) is 0.386. The van der Waals surface area contributed by atoms with E-state index in [-0.39, 0.29) is 35.3 Å². The number of hydrogen-bond acceptors (Lipinski definition) is 6. The molecule has 4 saturated carbocycles. The molecule has 10 nitrogen and oxygen atoms in total. The van der Waals surface area contributed by atoms with Gasteiger partial charge in [0, 0.05) is 6.42 Å². The summed E-state index contributed by atoms with van der Waals surface area (Å²) in [5.74, 6) is 0.250. The van der Waals surface area contributed by atoms with Gasteiger partial charge in [-0.05, 0) is 67.6 Å². The third-order valence-electron chi connectivity index (χ3n) is 7.74. The van der Waals surface area contributed by atoms with Crippen LogP contribution in [0.5, 0.6) is 0 Å². The molecular formula is C22H26ClF3N6O4. The second kappa shape index (κ2) is 8.72. The van der Waals surface area contributed by atoms with E-state index in [0.717, 1.165) is 32.1 Å². The molecule has 2 atom stereocenters. The Morgan fingerprint density at radius 1 is 1.33 bits per heavy atom. The molecule has 6 rings (SSSR count). The fraction of sp³-hybridized carbons (Fsp3) is 0.682. The van der Waals surface area contributed by atoms with Crippen LogP contribution in [0.15, 0.2) is 12.4 Å². The lowest BCUT2D eigenvalue weighted by Gasteiger charge is -2.61. The molecule has 0 aromatic carbocycles. The third kappa shape index (κ3) is 4.70. The first-order valence-electron chi connectivity index (χ1n) is 11.7. The van der Waals surface area contributed by atoms with Crippen molar-refractivity contribution in [1.82, 2.24) is 19.6 Å². The highest BCUT2D eigenvalue weighted by Crippen LogP contribution is 2.65. The molecule has 2 unspecified atom stereocenters. The fourth-order valence-corrected chi connectivity index (χ4v) is 7.39. The van der Waals surface area contributed by atoms with Gasteiger partial charge in [-0.1, -0.05) is 11.6 Å². The SMILES string of the molecule is Cc1c(Cl)c([N+](=O)[O-])nn1C12CC3CC(CC(CC(=O)Nc4cnn(COCC(F)(F)F)c4)(C3)C1)C2. The second-order valence-corrected chi connectivity index (χ2v) is 11.0. The van der Waals surface area contributed by atoms with Crippen LogP contribution in [0.4, 0.5) is 24.7 Å². The predicted molar refractivity (Wildman–Crippen MR) is 121 cm³/mol. The van der Waals surface area contributed by atoms with Crippen molar-refractivity contribution < 1.29 is 27.6 Å². The Hall–Kier alpha value is -2.67. The summed E-state index contributed by atoms with van der Waals surface area (Å²) in [5.41, 5.74) is 0.276. The highest BCUT2D eigenvalue weighted by Gasteiger charge is 2.60. The number of anilines is 1. The first kappa shape index (κ1) is 25.0.